The minimum Gasteiger partial charge on any atom is -0.392 e. The number of aromatic amines is 1. The monoisotopic (exact) mass is 337 g/mol. The number of hydrogen-bond donors (Lipinski definition) is 2. The van der Waals surface area contributed by atoms with E-state index in [1.807, 2.05) is 0 Å². The standard InChI is InChI=1S/C16H23N3O3S/c1-12(20)11-19(13-6-3-2-4-7-13)23(21,22)15-10-18-16-14(15)8-5-9-17-16/h5,8-10,12-13,20H,2-4,6-7,11H2,1H3,(H,17,18). The number of nitrogens with zero attached hydrogens (tertiary/aromatic N) is 2. The van der Waals surface area contributed by atoms with E-state index in [4.69, 9.17) is 0 Å². The minimum atomic E-state index is -3.68. The van der Waals surface area contributed by atoms with Crippen LogP contribution in [-0.2, 0) is 10.0 Å². The third kappa shape index (κ3) is 3.27. The molecule has 7 heteroatoms. The lowest BCUT2D eigenvalue weighted by molar-refractivity contribution is 0.136. The van der Waals surface area contributed by atoms with Crippen molar-refractivity contribution in [2.45, 2.75) is 56.1 Å². The van der Waals surface area contributed by atoms with Crippen LogP contribution in [0.1, 0.15) is 39.0 Å². The van der Waals surface area contributed by atoms with Crippen LogP contribution in [0.25, 0.3) is 11.0 Å². The van der Waals surface area contributed by atoms with E-state index in [9.17, 15) is 13.5 Å². The van der Waals surface area contributed by atoms with Gasteiger partial charge in [0.05, 0.1) is 6.10 Å². The zero-order valence-corrected chi connectivity index (χ0v) is 14.1. The Morgan fingerprint density at radius 3 is 2.83 bits per heavy atom. The van der Waals surface area contributed by atoms with Gasteiger partial charge in [-0.05, 0) is 31.9 Å². The van der Waals surface area contributed by atoms with Crippen LogP contribution in [0.2, 0.25) is 0 Å². The van der Waals surface area contributed by atoms with Crippen LogP contribution in [0.3, 0.4) is 0 Å². The Hall–Kier alpha value is -1.44. The molecular weight excluding hydrogens is 314 g/mol. The van der Waals surface area contributed by atoms with E-state index in [0.29, 0.717) is 11.0 Å². The Morgan fingerprint density at radius 1 is 1.39 bits per heavy atom. The Balaban J connectivity index is 2.02. The SMILES string of the molecule is CC(O)CN(C1CCCCC1)S(=O)(=O)c1c[nH]c2ncccc12. The third-order valence-corrected chi connectivity index (χ3v) is 6.38. The number of aliphatic hydroxyl groups excluding tert-OH is 1. The van der Waals surface area contributed by atoms with E-state index in [1.165, 1.54) is 10.5 Å². The fraction of sp³-hybridized carbons (Fsp3) is 0.562. The predicted octanol–water partition coefficient (Wildman–Crippen LogP) is 2.27. The number of aromatic nitrogens is 2. The van der Waals surface area contributed by atoms with Gasteiger partial charge >= 0.3 is 0 Å². The molecule has 0 bridgehead atoms. The van der Waals surface area contributed by atoms with E-state index in [1.54, 1.807) is 25.3 Å². The number of nitrogens with one attached hydrogen (secondary N) is 1. The first-order chi connectivity index (χ1) is 11.0. The van der Waals surface area contributed by atoms with Gasteiger partial charge in [-0.1, -0.05) is 19.3 Å². The molecule has 2 aromatic heterocycles. The number of fused-ring (bicyclic) bond motifs is 1. The second-order valence-electron chi connectivity index (χ2n) is 6.27. The van der Waals surface area contributed by atoms with Crippen molar-refractivity contribution in [3.05, 3.63) is 24.5 Å². The van der Waals surface area contributed by atoms with Gasteiger partial charge < -0.3 is 10.1 Å². The Morgan fingerprint density at radius 2 is 2.13 bits per heavy atom. The van der Waals surface area contributed by atoms with Gasteiger partial charge in [0.25, 0.3) is 0 Å². The van der Waals surface area contributed by atoms with Crippen molar-refractivity contribution < 1.29 is 13.5 Å². The lowest BCUT2D eigenvalue weighted by Gasteiger charge is -2.34. The van der Waals surface area contributed by atoms with Crippen LogP contribution in [0, 0.1) is 0 Å². The molecule has 6 nitrogen and oxygen atoms in total. The molecule has 0 aromatic carbocycles. The van der Waals surface area contributed by atoms with Crippen LogP contribution >= 0.6 is 0 Å². The molecule has 2 heterocycles. The van der Waals surface area contributed by atoms with Crippen molar-refractivity contribution in [2.75, 3.05) is 6.54 Å². The fourth-order valence-corrected chi connectivity index (χ4v) is 5.26. The summed E-state index contributed by atoms with van der Waals surface area (Å²) in [7, 11) is -3.68. The van der Waals surface area contributed by atoms with Gasteiger partial charge in [-0.25, -0.2) is 13.4 Å². The summed E-state index contributed by atoms with van der Waals surface area (Å²) in [6, 6.07) is 3.45. The quantitative estimate of drug-likeness (QED) is 0.876. The smallest absolute Gasteiger partial charge is 0.245 e. The molecule has 0 amide bonds. The molecule has 1 aliphatic carbocycles. The molecule has 2 aromatic rings. The summed E-state index contributed by atoms with van der Waals surface area (Å²) in [5.41, 5.74) is 0.562. The molecule has 126 valence electrons. The molecule has 0 aliphatic heterocycles. The second-order valence-corrected chi connectivity index (χ2v) is 8.13. The maximum absolute atomic E-state index is 13.2. The summed E-state index contributed by atoms with van der Waals surface area (Å²) in [4.78, 5) is 7.33. The van der Waals surface area contributed by atoms with Gasteiger partial charge in [0.15, 0.2) is 0 Å². The highest BCUT2D eigenvalue weighted by atomic mass is 32.2. The highest BCUT2D eigenvalue weighted by Crippen LogP contribution is 2.30. The van der Waals surface area contributed by atoms with Crippen molar-refractivity contribution in [1.82, 2.24) is 14.3 Å². The number of rotatable bonds is 5. The Bertz CT molecular complexity index is 764. The Kier molecular flexibility index (Phi) is 4.70. The van der Waals surface area contributed by atoms with Gasteiger partial charge in [-0.2, -0.15) is 4.31 Å². The van der Waals surface area contributed by atoms with Gasteiger partial charge in [-0.3, -0.25) is 0 Å². The Labute approximate surface area is 136 Å². The molecule has 0 spiro atoms. The molecule has 1 saturated carbocycles. The average Bonchev–Trinajstić information content (AvgIpc) is 2.98. The molecule has 1 unspecified atom stereocenters. The van der Waals surface area contributed by atoms with Gasteiger partial charge in [0.1, 0.15) is 10.5 Å². The summed E-state index contributed by atoms with van der Waals surface area (Å²) >= 11 is 0. The van der Waals surface area contributed by atoms with Crippen molar-refractivity contribution >= 4 is 21.1 Å². The number of aliphatic hydroxyl groups is 1. The summed E-state index contributed by atoms with van der Waals surface area (Å²) in [6.07, 6.45) is 7.36. The maximum atomic E-state index is 13.2. The molecule has 1 atom stereocenters. The van der Waals surface area contributed by atoms with E-state index in [0.717, 1.165) is 32.1 Å². The zero-order valence-electron chi connectivity index (χ0n) is 13.3. The number of pyridine rings is 1. The van der Waals surface area contributed by atoms with Crippen LogP contribution in [0.4, 0.5) is 0 Å². The summed E-state index contributed by atoms with van der Waals surface area (Å²) < 4.78 is 27.9. The lowest BCUT2D eigenvalue weighted by Crippen LogP contribution is -2.44. The molecular formula is C16H23N3O3S. The topological polar surface area (TPSA) is 86.3 Å². The first-order valence-corrected chi connectivity index (χ1v) is 9.56. The lowest BCUT2D eigenvalue weighted by atomic mass is 9.95. The maximum Gasteiger partial charge on any atom is 0.245 e. The molecule has 1 aliphatic rings. The van der Waals surface area contributed by atoms with Crippen molar-refractivity contribution in [2.24, 2.45) is 0 Å². The van der Waals surface area contributed by atoms with Crippen LogP contribution in [0.15, 0.2) is 29.4 Å². The molecule has 0 saturated heterocycles. The molecule has 3 rings (SSSR count). The molecule has 1 fully saturated rings. The van der Waals surface area contributed by atoms with E-state index in [-0.39, 0.29) is 17.5 Å². The first-order valence-electron chi connectivity index (χ1n) is 8.12. The van der Waals surface area contributed by atoms with Crippen molar-refractivity contribution in [3.63, 3.8) is 0 Å². The normalized spacial score (nSPS) is 18.6. The van der Waals surface area contributed by atoms with Crippen LogP contribution < -0.4 is 0 Å². The highest BCUT2D eigenvalue weighted by Gasteiger charge is 2.34. The molecule has 2 N–H and O–H groups in total. The van der Waals surface area contributed by atoms with E-state index >= 15 is 0 Å². The number of sulfonamides is 1. The number of H-pyrrole nitrogens is 1. The second kappa shape index (κ2) is 6.59. The van der Waals surface area contributed by atoms with E-state index in [2.05, 4.69) is 9.97 Å². The average molecular weight is 337 g/mol. The third-order valence-electron chi connectivity index (χ3n) is 4.43. The van der Waals surface area contributed by atoms with Crippen LogP contribution in [-0.4, -0.2) is 46.5 Å². The first kappa shape index (κ1) is 16.4. The summed E-state index contributed by atoms with van der Waals surface area (Å²) in [6.45, 7) is 1.75. The van der Waals surface area contributed by atoms with Crippen molar-refractivity contribution in [1.29, 1.82) is 0 Å². The van der Waals surface area contributed by atoms with E-state index < -0.39 is 16.1 Å². The van der Waals surface area contributed by atoms with Gasteiger partial charge in [0.2, 0.25) is 10.0 Å². The largest absolute Gasteiger partial charge is 0.392 e. The molecule has 0 radical (unpaired) electrons. The number of hydrogen-bond acceptors (Lipinski definition) is 4. The summed E-state index contributed by atoms with van der Waals surface area (Å²) in [5, 5.41) is 10.4. The highest BCUT2D eigenvalue weighted by molar-refractivity contribution is 7.89. The predicted molar refractivity (Wildman–Crippen MR) is 88.5 cm³/mol. The molecule has 23 heavy (non-hydrogen) atoms. The van der Waals surface area contributed by atoms with Crippen molar-refractivity contribution in [3.8, 4) is 0 Å². The minimum absolute atomic E-state index is 0.0371. The summed E-state index contributed by atoms with van der Waals surface area (Å²) in [5.74, 6) is 0. The van der Waals surface area contributed by atoms with Crippen LogP contribution in [0.5, 0.6) is 0 Å². The van der Waals surface area contributed by atoms with Gasteiger partial charge in [0, 0.05) is 30.4 Å². The fourth-order valence-electron chi connectivity index (χ4n) is 3.34. The van der Waals surface area contributed by atoms with Gasteiger partial charge in [-0.15, -0.1) is 0 Å². The zero-order chi connectivity index (χ0) is 16.4.